The Labute approximate surface area is 672 Å². The molecule has 0 saturated heterocycles. The number of esters is 3. The fraction of sp³-hybridized carbons (Fsp3) is 0.136. The number of hydrogen-bond donors (Lipinski definition) is 4. The van der Waals surface area contributed by atoms with Gasteiger partial charge in [-0.05, 0) is 130 Å². The van der Waals surface area contributed by atoms with Crippen LogP contribution in [0.1, 0.15) is 76.4 Å². The van der Waals surface area contributed by atoms with Gasteiger partial charge in [-0.1, -0.05) is 255 Å². The number of rotatable bonds is 10. The number of hydrogen-bond acceptors (Lipinski definition) is 15. The molecular formula is C88H77Cl5N2O16S. The molecule has 24 heteroatoms. The van der Waals surface area contributed by atoms with Crippen LogP contribution < -0.4 is 0 Å². The van der Waals surface area contributed by atoms with Gasteiger partial charge in [0.05, 0.1) is 79.3 Å². The van der Waals surface area contributed by atoms with Crippen LogP contribution in [0.5, 0.6) is 0 Å². The highest BCUT2D eigenvalue weighted by Gasteiger charge is 2.26. The number of benzene rings is 14. The van der Waals surface area contributed by atoms with Gasteiger partial charge in [-0.2, -0.15) is 0 Å². The predicted molar refractivity (Wildman–Crippen MR) is 448 cm³/mol. The standard InChI is InChI=1S/C12H11Cl.C12H6O3.C12H12O2.C12H10O.C12H12O.C10H8.C9H9NO4.C8H7NO4.CH2Cl2.Cl2OS/c1-9-4-2-5-10-6-3-7-11(8-13)12(9)10;13-11-8-5-1-3-7-4-2-6-9(10(7)8)12(14)15-11;13-7-10-5-1-3-9-4-2-6-11(8-14)12(9)10;1-3-9-4-2-6-11-8-13-7-10(5-1)12(9)11;1-9-4-2-5-10-6-3-7-11(8-13)12(9)10;1-2-6-10-8-4-3-7-9(10)5-1;1-14-9(11)6-7-4-2-3-5-8(7)10(12)13;10-8(11)5-6-3-1-2-4-7(6)9(12)13;2-1-3;1-4(2)3/h2-7H,8H2,1H3;1-6H;1-6,13-14H,7-8H2;1-6H,7-8H2;2-7,13H,8H2,1H3;1-8H;2-5H,6H2,1H3;1-4H,5H2,(H,10,11);1H2;. The number of nitrogens with zero attached hydrogens (tertiary/aromatic N) is 2. The van der Waals surface area contributed by atoms with Gasteiger partial charge in [0.1, 0.15) is 0 Å². The van der Waals surface area contributed by atoms with Crippen molar-refractivity contribution in [1.82, 2.24) is 0 Å². The lowest BCUT2D eigenvalue weighted by Gasteiger charge is -2.17. The van der Waals surface area contributed by atoms with Gasteiger partial charge in [0.2, 0.25) is 9.23 Å². The number of aliphatic hydroxyl groups excluding tert-OH is 3. The molecule has 0 aliphatic carbocycles. The van der Waals surface area contributed by atoms with Gasteiger partial charge < -0.3 is 34.6 Å². The molecule has 0 radical (unpaired) electrons. The lowest BCUT2D eigenvalue weighted by Crippen LogP contribution is -2.19. The van der Waals surface area contributed by atoms with Gasteiger partial charge in [-0.15, -0.1) is 34.8 Å². The van der Waals surface area contributed by atoms with Crippen LogP contribution in [0.2, 0.25) is 0 Å². The Morgan fingerprint density at radius 2 is 0.714 bits per heavy atom. The number of carbonyl (C=O) groups excluding carboxylic acids is 3. The third-order valence-electron chi connectivity index (χ3n) is 17.2. The van der Waals surface area contributed by atoms with Crippen molar-refractivity contribution in [2.45, 2.75) is 65.6 Å². The molecule has 2 aliphatic rings. The van der Waals surface area contributed by atoms with Gasteiger partial charge in [-0.25, -0.2) is 13.8 Å². The van der Waals surface area contributed by atoms with E-state index in [0.717, 1.165) is 46.1 Å². The molecule has 14 aromatic carbocycles. The summed E-state index contributed by atoms with van der Waals surface area (Å²) in [5.74, 6) is -2.11. The zero-order chi connectivity index (χ0) is 81.1. The van der Waals surface area contributed by atoms with E-state index in [1.165, 1.54) is 108 Å². The van der Waals surface area contributed by atoms with Crippen molar-refractivity contribution in [3.8, 4) is 0 Å². The van der Waals surface area contributed by atoms with Crippen LogP contribution in [-0.2, 0) is 84.8 Å². The minimum Gasteiger partial charge on any atom is -0.481 e. The molecule has 0 bridgehead atoms. The third-order valence-corrected chi connectivity index (χ3v) is 17.5. The number of carbonyl (C=O) groups is 4. The largest absolute Gasteiger partial charge is 0.481 e. The molecular weight excluding hydrogens is 1550 g/mol. The zero-order valence-electron chi connectivity index (χ0n) is 60.8. The molecule has 18 nitrogen and oxygen atoms in total. The van der Waals surface area contributed by atoms with E-state index < -0.39 is 43.0 Å². The van der Waals surface area contributed by atoms with Crippen molar-refractivity contribution >= 4 is 165 Å². The number of nitro groups is 2. The van der Waals surface area contributed by atoms with Crippen LogP contribution in [0.4, 0.5) is 11.4 Å². The number of ether oxygens (including phenoxy) is 3. The highest BCUT2D eigenvalue weighted by Crippen LogP contribution is 2.31. The van der Waals surface area contributed by atoms with Crippen LogP contribution in [0.15, 0.2) is 279 Å². The number of carboxylic acids is 1. The molecule has 576 valence electrons. The first-order chi connectivity index (χ1) is 54.1. The van der Waals surface area contributed by atoms with Crippen molar-refractivity contribution in [3.63, 3.8) is 0 Å². The molecule has 4 N–H and O–H groups in total. The monoisotopic (exact) mass is 1620 g/mol. The second kappa shape index (κ2) is 45.9. The molecule has 0 spiro atoms. The summed E-state index contributed by atoms with van der Waals surface area (Å²) in [6, 6.07) is 88.4. The summed E-state index contributed by atoms with van der Waals surface area (Å²) in [5, 5.41) is 71.0. The quantitative estimate of drug-likeness (QED) is 0.0247. The maximum atomic E-state index is 11.4. The van der Waals surface area contributed by atoms with E-state index in [4.69, 9.17) is 54.0 Å². The van der Waals surface area contributed by atoms with E-state index in [2.05, 4.69) is 184 Å². The lowest BCUT2D eigenvalue weighted by atomic mass is 9.97. The van der Waals surface area contributed by atoms with Gasteiger partial charge in [-0.3, -0.25) is 29.8 Å². The first-order valence-electron chi connectivity index (χ1n) is 34.3. The SMILES string of the molecule is COC(=O)Cc1ccccc1[N+](=O)[O-].Cc1cccc2cccc(CCl)c12.Cc1cccc2cccc(CO)c12.ClCCl.O=C(O)Cc1ccccc1[N+](=O)[O-].O=C1OC(=O)c2cccc3cccc1c23.O=S(Cl)Cl.OCc1cccc2cccc(CO)c12.c1cc2c3c(cccc3c1)COC2.c1ccc2ccccc2c1. The molecule has 2 heterocycles. The first-order valence-corrected chi connectivity index (χ1v) is 38.7. The van der Waals surface area contributed by atoms with Crippen molar-refractivity contribution in [2.24, 2.45) is 0 Å². The minimum atomic E-state index is -1.67. The number of fused-ring (bicyclic) bond motifs is 4. The highest BCUT2D eigenvalue weighted by molar-refractivity contribution is 8.26. The number of aryl methyl sites for hydroxylation is 2. The Balaban J connectivity index is 0.000000176. The van der Waals surface area contributed by atoms with Crippen LogP contribution >= 0.6 is 56.2 Å². The average molecular weight is 1630 g/mol. The highest BCUT2D eigenvalue weighted by atomic mass is 36.0. The van der Waals surface area contributed by atoms with E-state index in [1.807, 2.05) is 66.7 Å². The van der Waals surface area contributed by atoms with E-state index in [-0.39, 0.29) is 54.9 Å². The number of aliphatic hydroxyl groups is 3. The van der Waals surface area contributed by atoms with E-state index in [9.17, 15) is 49.6 Å². The van der Waals surface area contributed by atoms with Crippen LogP contribution in [0.3, 0.4) is 0 Å². The smallest absolute Gasteiger partial charge is 0.346 e. The topological polar surface area (TPSA) is 280 Å². The summed E-state index contributed by atoms with van der Waals surface area (Å²) in [4.78, 5) is 64.0. The van der Waals surface area contributed by atoms with Crippen molar-refractivity contribution in [1.29, 1.82) is 0 Å². The maximum Gasteiger partial charge on any atom is 0.346 e. The summed E-state index contributed by atoms with van der Waals surface area (Å²) in [5.41, 5.74) is 10.4. The molecule has 0 amide bonds. The number of cyclic esters (lactones) is 2. The number of nitro benzene ring substituents is 2. The Morgan fingerprint density at radius 3 is 1.09 bits per heavy atom. The molecule has 14 aromatic rings. The fourth-order valence-corrected chi connectivity index (χ4v) is 12.6. The van der Waals surface area contributed by atoms with E-state index >= 15 is 0 Å². The summed E-state index contributed by atoms with van der Waals surface area (Å²) in [7, 11) is 8.61. The number of para-hydroxylation sites is 2. The minimum absolute atomic E-state index is 0.00829. The molecule has 0 atom stereocenters. The normalized spacial score (nSPS) is 11.1. The van der Waals surface area contributed by atoms with Gasteiger partial charge in [0.25, 0.3) is 11.4 Å². The molecule has 112 heavy (non-hydrogen) atoms. The van der Waals surface area contributed by atoms with Crippen LogP contribution in [0.25, 0.3) is 64.6 Å². The summed E-state index contributed by atoms with van der Waals surface area (Å²) in [6.07, 6.45) is -0.398. The van der Waals surface area contributed by atoms with E-state index in [0.29, 0.717) is 28.0 Å². The van der Waals surface area contributed by atoms with E-state index in [1.54, 1.807) is 42.5 Å². The summed E-state index contributed by atoms with van der Waals surface area (Å²) < 4.78 is 23.6. The molecule has 0 fully saturated rings. The number of methoxy groups -OCH3 is 1. The van der Waals surface area contributed by atoms with Crippen LogP contribution in [-0.4, -0.2) is 70.8 Å². The Hall–Kier alpha value is -11.0. The van der Waals surface area contributed by atoms with Crippen LogP contribution in [0, 0.1) is 34.1 Å². The van der Waals surface area contributed by atoms with Gasteiger partial charge >= 0.3 is 23.9 Å². The number of halogens is 5. The molecule has 2 aliphatic heterocycles. The third kappa shape index (κ3) is 25.5. The summed E-state index contributed by atoms with van der Waals surface area (Å²) in [6.45, 7) is 5.84. The van der Waals surface area contributed by atoms with Crippen molar-refractivity contribution in [3.05, 3.63) is 366 Å². The fourth-order valence-electron chi connectivity index (χ4n) is 12.3. The molecule has 0 aromatic heterocycles. The Kier molecular flexibility index (Phi) is 36.2. The summed E-state index contributed by atoms with van der Waals surface area (Å²) >= 11 is 15.4. The van der Waals surface area contributed by atoms with Gasteiger partial charge in [0.15, 0.2) is 0 Å². The molecule has 0 saturated carbocycles. The molecule has 0 unspecified atom stereocenters. The second-order valence-corrected chi connectivity index (χ2v) is 27.9. The van der Waals surface area contributed by atoms with Crippen molar-refractivity contribution < 1.29 is 67.9 Å². The predicted octanol–water partition coefficient (Wildman–Crippen LogP) is 21.2. The lowest BCUT2D eigenvalue weighted by molar-refractivity contribution is -0.385. The number of alkyl halides is 3. The number of carboxylic acid groups (broad SMARTS) is 1. The Bertz CT molecular complexity index is 5230. The Morgan fingerprint density at radius 1 is 0.420 bits per heavy atom. The first kappa shape index (κ1) is 88.2. The zero-order valence-corrected chi connectivity index (χ0v) is 65.4. The van der Waals surface area contributed by atoms with Gasteiger partial charge in [0, 0.05) is 55.9 Å². The van der Waals surface area contributed by atoms with Crippen molar-refractivity contribution in [2.75, 3.05) is 12.4 Å². The molecule has 16 rings (SSSR count). The number of aliphatic carboxylic acids is 1. The average Bonchev–Trinajstić information content (AvgIpc) is 0.758. The second-order valence-electron chi connectivity index (χ2n) is 24.3. The maximum absolute atomic E-state index is 11.4.